The number of rotatable bonds is 14. The molecule has 4 rings (SSSR count). The van der Waals surface area contributed by atoms with Gasteiger partial charge in [0.1, 0.15) is 5.75 Å². The van der Waals surface area contributed by atoms with Gasteiger partial charge in [0.25, 0.3) is 0 Å². The minimum Gasteiger partial charge on any atom is -0.508 e. The molecule has 0 saturated heterocycles. The number of aromatic hydroxyl groups is 1. The maximum atomic E-state index is 12.0. The first-order valence-electron chi connectivity index (χ1n) is 16.0. The lowest BCUT2D eigenvalue weighted by Crippen LogP contribution is -2.47. The summed E-state index contributed by atoms with van der Waals surface area (Å²) in [4.78, 5) is 12.0. The fourth-order valence-corrected chi connectivity index (χ4v) is 8.78. The van der Waals surface area contributed by atoms with Gasteiger partial charge in [0.15, 0.2) is 0 Å². The number of phenols is 1. The van der Waals surface area contributed by atoms with E-state index < -0.39 is 0 Å². The predicted molar refractivity (Wildman–Crippen MR) is 156 cm³/mol. The van der Waals surface area contributed by atoms with Gasteiger partial charge < -0.3 is 15.9 Å². The lowest BCUT2D eigenvalue weighted by Gasteiger charge is -2.53. The molecule has 2 saturated carbocycles. The molecule has 1 amide bonds. The molecular weight excluding hydrogens is 470 g/mol. The van der Waals surface area contributed by atoms with Crippen molar-refractivity contribution in [3.63, 3.8) is 0 Å². The number of nitrogens with two attached hydrogens (primary N) is 1. The van der Waals surface area contributed by atoms with Gasteiger partial charge in [-0.15, -0.1) is 0 Å². The topological polar surface area (TPSA) is 83.6 Å². The molecule has 4 N–H and O–H groups in total. The van der Waals surface area contributed by atoms with E-state index in [1.165, 1.54) is 68.9 Å². The fraction of sp³-hybridized carbons (Fsp3) is 0.794. The third-order valence-electron chi connectivity index (χ3n) is 11.3. The van der Waals surface area contributed by atoms with Crippen molar-refractivity contribution in [2.24, 2.45) is 34.3 Å². The second-order valence-electron chi connectivity index (χ2n) is 13.8. The number of hydrogen-bond acceptors (Lipinski definition) is 3. The molecule has 3 aliphatic rings. The van der Waals surface area contributed by atoms with E-state index in [0.29, 0.717) is 29.4 Å². The molecule has 3 aliphatic carbocycles. The van der Waals surface area contributed by atoms with Crippen LogP contribution in [-0.2, 0) is 11.2 Å². The highest BCUT2D eigenvalue weighted by atomic mass is 16.3. The van der Waals surface area contributed by atoms with Gasteiger partial charge in [-0.2, -0.15) is 0 Å². The molecule has 0 aliphatic heterocycles. The van der Waals surface area contributed by atoms with Gasteiger partial charge in [-0.05, 0) is 104 Å². The lowest BCUT2D eigenvalue weighted by molar-refractivity contribution is -0.127. The monoisotopic (exact) mass is 525 g/mol. The zero-order valence-electron chi connectivity index (χ0n) is 24.5. The Hall–Kier alpha value is -1.55. The highest BCUT2D eigenvalue weighted by molar-refractivity contribution is 5.80. The number of carbonyl (C=O) groups is 1. The summed E-state index contributed by atoms with van der Waals surface area (Å²) >= 11 is 0. The van der Waals surface area contributed by atoms with Gasteiger partial charge in [0, 0.05) is 5.41 Å². The van der Waals surface area contributed by atoms with Crippen molar-refractivity contribution in [1.29, 1.82) is 0 Å². The lowest BCUT2D eigenvalue weighted by atomic mass is 9.52. The van der Waals surface area contributed by atoms with E-state index in [9.17, 15) is 15.0 Å². The van der Waals surface area contributed by atoms with E-state index in [1.807, 2.05) is 12.1 Å². The molecule has 0 radical (unpaired) electrons. The maximum Gasteiger partial charge on any atom is 0.223 e. The number of amides is 1. The average Bonchev–Trinajstić information content (AvgIpc) is 3.20. The van der Waals surface area contributed by atoms with E-state index in [4.69, 9.17) is 5.73 Å². The highest BCUT2D eigenvalue weighted by Gasteiger charge is 2.56. The number of unbranched alkanes of at least 4 members (excludes halogenated alkanes) is 7. The molecule has 1 aromatic rings. The Morgan fingerprint density at radius 1 is 1.03 bits per heavy atom. The second kappa shape index (κ2) is 12.7. The highest BCUT2D eigenvalue weighted by Crippen LogP contribution is 2.62. The molecule has 4 nitrogen and oxygen atoms in total. The minimum atomic E-state index is -0.326. The van der Waals surface area contributed by atoms with Crippen LogP contribution in [0.25, 0.3) is 0 Å². The van der Waals surface area contributed by atoms with Gasteiger partial charge in [-0.3, -0.25) is 4.79 Å². The van der Waals surface area contributed by atoms with E-state index in [-0.39, 0.29) is 22.8 Å². The average molecular weight is 526 g/mol. The van der Waals surface area contributed by atoms with Crippen molar-refractivity contribution >= 4 is 5.91 Å². The normalized spacial score (nSPS) is 31.7. The van der Waals surface area contributed by atoms with Gasteiger partial charge >= 0.3 is 0 Å². The summed E-state index contributed by atoms with van der Waals surface area (Å²) in [5, 5.41) is 21.1. The molecular formula is C34H55NO3. The van der Waals surface area contributed by atoms with E-state index in [0.717, 1.165) is 51.4 Å². The smallest absolute Gasteiger partial charge is 0.223 e. The first-order valence-corrected chi connectivity index (χ1v) is 16.0. The minimum absolute atomic E-state index is 0.0922. The van der Waals surface area contributed by atoms with Crippen LogP contribution in [0.3, 0.4) is 0 Å². The molecule has 7 atom stereocenters. The number of benzene rings is 1. The Kier molecular flexibility index (Phi) is 9.87. The third kappa shape index (κ3) is 6.26. The van der Waals surface area contributed by atoms with Crippen molar-refractivity contribution in [3.05, 3.63) is 29.3 Å². The second-order valence-corrected chi connectivity index (χ2v) is 13.8. The van der Waals surface area contributed by atoms with E-state index in [2.05, 4.69) is 26.8 Å². The van der Waals surface area contributed by atoms with Crippen LogP contribution in [0.2, 0.25) is 0 Å². The molecule has 214 valence electrons. The van der Waals surface area contributed by atoms with Crippen LogP contribution in [0.1, 0.15) is 141 Å². The van der Waals surface area contributed by atoms with Gasteiger partial charge in [0.05, 0.1) is 6.10 Å². The van der Waals surface area contributed by atoms with E-state index >= 15 is 0 Å². The van der Waals surface area contributed by atoms with Crippen LogP contribution in [0, 0.1) is 28.6 Å². The molecule has 0 bridgehead atoms. The summed E-state index contributed by atoms with van der Waals surface area (Å²) in [6.45, 7) is 6.59. The van der Waals surface area contributed by atoms with Crippen LogP contribution < -0.4 is 5.73 Å². The first-order chi connectivity index (χ1) is 18.2. The molecule has 1 unspecified atom stereocenters. The van der Waals surface area contributed by atoms with Gasteiger partial charge in [0.2, 0.25) is 5.91 Å². The Bertz CT molecular complexity index is 930. The third-order valence-corrected chi connectivity index (χ3v) is 11.3. The number of fused-ring (bicyclic) bond motifs is 5. The summed E-state index contributed by atoms with van der Waals surface area (Å²) in [7, 11) is 0. The summed E-state index contributed by atoms with van der Waals surface area (Å²) in [6, 6.07) is 6.11. The fourth-order valence-electron chi connectivity index (χ4n) is 8.78. The maximum absolute atomic E-state index is 12.0. The number of phenolic OH excluding ortho intramolecular Hbond substituents is 1. The zero-order valence-corrected chi connectivity index (χ0v) is 24.5. The van der Waals surface area contributed by atoms with Gasteiger partial charge in [-0.25, -0.2) is 0 Å². The van der Waals surface area contributed by atoms with Gasteiger partial charge in [-0.1, -0.05) is 84.6 Å². The van der Waals surface area contributed by atoms with Crippen molar-refractivity contribution in [2.75, 3.05) is 0 Å². The molecule has 4 heteroatoms. The number of aliphatic hydroxyl groups excluding tert-OH is 1. The molecule has 2 fully saturated rings. The van der Waals surface area contributed by atoms with Crippen molar-refractivity contribution in [3.8, 4) is 5.75 Å². The zero-order chi connectivity index (χ0) is 27.3. The molecule has 0 heterocycles. The number of hydrogen-bond donors (Lipinski definition) is 3. The van der Waals surface area contributed by atoms with E-state index in [1.54, 1.807) is 0 Å². The van der Waals surface area contributed by atoms with Crippen molar-refractivity contribution in [1.82, 2.24) is 0 Å². The number of carbonyl (C=O) groups excluding carboxylic acids is 1. The van der Waals surface area contributed by atoms with Crippen LogP contribution in [-0.4, -0.2) is 22.2 Å². The summed E-state index contributed by atoms with van der Waals surface area (Å²) < 4.78 is 0. The Labute approximate surface area is 232 Å². The number of primary amides is 1. The van der Waals surface area contributed by atoms with Crippen LogP contribution in [0.4, 0.5) is 0 Å². The molecule has 38 heavy (non-hydrogen) atoms. The summed E-state index contributed by atoms with van der Waals surface area (Å²) in [5.74, 6) is 2.84. The summed E-state index contributed by atoms with van der Waals surface area (Å²) in [6.07, 6.45) is 19.4. The number of aliphatic hydroxyl groups is 1. The Morgan fingerprint density at radius 2 is 1.71 bits per heavy atom. The standard InChI is InChI=1S/C34H55NO3/c1-4-5-19-33(2,32(35)38)20-12-10-8-6-7-9-11-13-24-22-25-23-26(36)14-15-27(25)28-18-21-34(3)29(31(24)28)16-17-30(34)37/h14-15,23-24,28-31,36-37H,4-13,16-22H2,1-3H3,(H2,35,38)/t24-,28-,29+,30+,31-,33?,34+/m1/s1. The largest absolute Gasteiger partial charge is 0.508 e. The summed E-state index contributed by atoms with van der Waals surface area (Å²) in [5.41, 5.74) is 8.35. The van der Waals surface area contributed by atoms with Crippen molar-refractivity contribution in [2.45, 2.75) is 142 Å². The van der Waals surface area contributed by atoms with Crippen LogP contribution in [0.5, 0.6) is 5.75 Å². The molecule has 1 aromatic carbocycles. The van der Waals surface area contributed by atoms with Crippen LogP contribution in [0.15, 0.2) is 18.2 Å². The molecule has 0 spiro atoms. The molecule has 0 aromatic heterocycles. The first kappa shape index (κ1) is 29.4. The van der Waals surface area contributed by atoms with Crippen molar-refractivity contribution < 1.29 is 15.0 Å². The predicted octanol–water partition coefficient (Wildman–Crippen LogP) is 8.03. The SMILES string of the molecule is CCCCC(C)(CCCCCCCCC[C@@H]1Cc2cc(O)ccc2[C@H]2CC[C@]3(C)[C@@H](O)CC[C@H]3[C@H]12)C(N)=O. The van der Waals surface area contributed by atoms with Crippen LogP contribution >= 0.6 is 0 Å². The Morgan fingerprint density at radius 3 is 2.42 bits per heavy atom. The quantitative estimate of drug-likeness (QED) is 0.215. The Balaban J connectivity index is 1.24.